The van der Waals surface area contributed by atoms with E-state index in [0.717, 1.165) is 55.0 Å². The van der Waals surface area contributed by atoms with Crippen LogP contribution >= 0.6 is 22.9 Å². The van der Waals surface area contributed by atoms with E-state index >= 15 is 0 Å². The number of carbonyl (C=O) groups is 2. The molecule has 1 aliphatic rings. The Morgan fingerprint density at radius 2 is 1.88 bits per heavy atom. The van der Waals surface area contributed by atoms with Gasteiger partial charge in [-0.05, 0) is 55.3 Å². The van der Waals surface area contributed by atoms with Gasteiger partial charge in [0, 0.05) is 36.8 Å². The van der Waals surface area contributed by atoms with Gasteiger partial charge in [0.15, 0.2) is 5.13 Å². The molecule has 3 aromatic rings. The van der Waals surface area contributed by atoms with Gasteiger partial charge in [0.05, 0.1) is 36.1 Å². The number of aromatic nitrogens is 1. The van der Waals surface area contributed by atoms with Crippen molar-refractivity contribution in [2.24, 2.45) is 0 Å². The summed E-state index contributed by atoms with van der Waals surface area (Å²) in [6.07, 6.45) is 0.807. The molecule has 0 bridgehead atoms. The highest BCUT2D eigenvalue weighted by Gasteiger charge is 2.23. The third-order valence-corrected chi connectivity index (χ3v) is 6.87. The second-order valence-corrected chi connectivity index (χ2v) is 9.34. The zero-order chi connectivity index (χ0) is 23.4. The predicted octanol–water partition coefficient (Wildman–Crippen LogP) is 4.41. The summed E-state index contributed by atoms with van der Waals surface area (Å²) in [6.45, 7) is 6.67. The fraction of sp³-hybridized carbons (Fsp3) is 0.375. The molecular formula is C24H26ClN3O4S. The lowest BCUT2D eigenvalue weighted by molar-refractivity contribution is 0.0376. The lowest BCUT2D eigenvalue weighted by atomic mass is 10.1. The molecule has 1 aromatic heterocycles. The third kappa shape index (κ3) is 5.52. The molecule has 0 N–H and O–H groups in total. The second-order valence-electron chi connectivity index (χ2n) is 7.90. The third-order valence-electron chi connectivity index (χ3n) is 5.63. The molecule has 9 heteroatoms. The van der Waals surface area contributed by atoms with Crippen LogP contribution in [0.4, 0.5) is 5.13 Å². The number of benzene rings is 2. The van der Waals surface area contributed by atoms with Crippen LogP contribution in [0.1, 0.15) is 32.7 Å². The number of morpholine rings is 1. The van der Waals surface area contributed by atoms with Gasteiger partial charge in [-0.3, -0.25) is 14.6 Å². The number of carbonyl (C=O) groups excluding carboxylic acids is 2. The van der Waals surface area contributed by atoms with Crippen molar-refractivity contribution in [2.75, 3.05) is 51.4 Å². The largest absolute Gasteiger partial charge is 0.465 e. The molecule has 1 fully saturated rings. The topological polar surface area (TPSA) is 72.0 Å². The van der Waals surface area contributed by atoms with Crippen LogP contribution < -0.4 is 4.90 Å². The first-order valence-electron chi connectivity index (χ1n) is 10.8. The fourth-order valence-electron chi connectivity index (χ4n) is 3.84. The summed E-state index contributed by atoms with van der Waals surface area (Å²) in [4.78, 5) is 34.1. The van der Waals surface area contributed by atoms with E-state index in [9.17, 15) is 9.59 Å². The number of aryl methyl sites for hydroxylation is 1. The van der Waals surface area contributed by atoms with Crippen LogP contribution in [0.2, 0.25) is 5.02 Å². The number of amides is 1. The highest BCUT2D eigenvalue weighted by atomic mass is 35.5. The van der Waals surface area contributed by atoms with Gasteiger partial charge in [-0.25, -0.2) is 9.78 Å². The van der Waals surface area contributed by atoms with Crippen LogP contribution in [-0.2, 0) is 9.47 Å². The number of methoxy groups -OCH3 is 1. The molecule has 0 saturated carbocycles. The molecule has 0 radical (unpaired) electrons. The number of ether oxygens (including phenoxy) is 2. The van der Waals surface area contributed by atoms with Crippen molar-refractivity contribution in [1.82, 2.24) is 9.88 Å². The van der Waals surface area contributed by atoms with Gasteiger partial charge >= 0.3 is 5.97 Å². The van der Waals surface area contributed by atoms with Crippen molar-refractivity contribution in [2.45, 2.75) is 13.3 Å². The maximum atomic E-state index is 13.5. The first-order valence-corrected chi connectivity index (χ1v) is 12.0. The maximum absolute atomic E-state index is 13.5. The van der Waals surface area contributed by atoms with Crippen LogP contribution in [0.3, 0.4) is 0 Å². The summed E-state index contributed by atoms with van der Waals surface area (Å²) >= 11 is 7.69. The molecule has 33 heavy (non-hydrogen) atoms. The fourth-order valence-corrected chi connectivity index (χ4v) is 5.29. The smallest absolute Gasteiger partial charge is 0.337 e. The van der Waals surface area contributed by atoms with E-state index in [1.165, 1.54) is 18.4 Å². The average molecular weight is 488 g/mol. The SMILES string of the molecule is COC(=O)c1ccc(C(=O)N(CCCN2CCOCC2)c2nc3c(C)cc(Cl)cc3s2)cc1. The van der Waals surface area contributed by atoms with Crippen LogP contribution in [0, 0.1) is 6.92 Å². The van der Waals surface area contributed by atoms with Crippen molar-refractivity contribution in [3.63, 3.8) is 0 Å². The van der Waals surface area contributed by atoms with Crippen molar-refractivity contribution in [3.05, 3.63) is 58.1 Å². The first-order chi connectivity index (χ1) is 16.0. The minimum Gasteiger partial charge on any atom is -0.465 e. The first kappa shape index (κ1) is 23.6. The molecule has 2 heterocycles. The van der Waals surface area contributed by atoms with Gasteiger partial charge < -0.3 is 9.47 Å². The average Bonchev–Trinajstić information content (AvgIpc) is 3.25. The molecule has 2 aromatic carbocycles. The number of hydrogen-bond donors (Lipinski definition) is 0. The van der Waals surface area contributed by atoms with Gasteiger partial charge in [0.25, 0.3) is 5.91 Å². The Morgan fingerprint density at radius 3 is 2.58 bits per heavy atom. The summed E-state index contributed by atoms with van der Waals surface area (Å²) in [7, 11) is 1.33. The summed E-state index contributed by atoms with van der Waals surface area (Å²) in [5.74, 6) is -0.592. The van der Waals surface area contributed by atoms with Gasteiger partial charge in [0.2, 0.25) is 0 Å². The Kier molecular flexibility index (Phi) is 7.60. The van der Waals surface area contributed by atoms with Gasteiger partial charge in [0.1, 0.15) is 0 Å². The van der Waals surface area contributed by atoms with Gasteiger partial charge in [-0.2, -0.15) is 0 Å². The second kappa shape index (κ2) is 10.6. The van der Waals surface area contributed by atoms with Crippen molar-refractivity contribution >= 4 is 50.2 Å². The molecule has 0 spiro atoms. The number of nitrogens with zero attached hydrogens (tertiary/aromatic N) is 3. The standard InChI is InChI=1S/C24H26ClN3O4S/c1-16-14-19(25)15-20-21(16)26-24(33-20)28(9-3-8-27-10-12-32-13-11-27)22(29)17-4-6-18(7-5-17)23(30)31-2/h4-7,14-15H,3,8-13H2,1-2H3. The van der Waals surface area contributed by atoms with E-state index in [1.807, 2.05) is 19.1 Å². The summed E-state index contributed by atoms with van der Waals surface area (Å²) in [6, 6.07) is 10.3. The minimum absolute atomic E-state index is 0.156. The molecule has 0 unspecified atom stereocenters. The number of anilines is 1. The number of thiazole rings is 1. The van der Waals surface area contributed by atoms with Gasteiger partial charge in [-0.15, -0.1) is 0 Å². The highest BCUT2D eigenvalue weighted by Crippen LogP contribution is 2.33. The zero-order valence-electron chi connectivity index (χ0n) is 18.7. The molecule has 7 nitrogen and oxygen atoms in total. The van der Waals surface area contributed by atoms with E-state index in [1.54, 1.807) is 29.2 Å². The molecular weight excluding hydrogens is 462 g/mol. The molecule has 4 rings (SSSR count). The van der Waals surface area contributed by atoms with Crippen molar-refractivity contribution < 1.29 is 19.1 Å². The number of rotatable bonds is 7. The Labute approximate surface area is 201 Å². The monoisotopic (exact) mass is 487 g/mol. The molecule has 0 atom stereocenters. The van der Waals surface area contributed by atoms with Crippen molar-refractivity contribution in [3.8, 4) is 0 Å². The van der Waals surface area contributed by atoms with Gasteiger partial charge in [-0.1, -0.05) is 22.9 Å². The van der Waals surface area contributed by atoms with Crippen LogP contribution in [0.25, 0.3) is 10.2 Å². The van der Waals surface area contributed by atoms with E-state index in [0.29, 0.717) is 27.8 Å². The Balaban J connectivity index is 1.59. The summed E-state index contributed by atoms with van der Waals surface area (Å²) in [5, 5.41) is 1.29. The quantitative estimate of drug-likeness (QED) is 0.459. The Morgan fingerprint density at radius 1 is 1.18 bits per heavy atom. The Hall–Kier alpha value is -2.52. The Bertz CT molecular complexity index is 1140. The van der Waals surface area contributed by atoms with E-state index in [4.69, 9.17) is 26.1 Å². The highest BCUT2D eigenvalue weighted by molar-refractivity contribution is 7.22. The lowest BCUT2D eigenvalue weighted by Crippen LogP contribution is -2.39. The molecule has 1 saturated heterocycles. The number of halogens is 1. The normalized spacial score (nSPS) is 14.4. The molecule has 1 amide bonds. The molecule has 1 aliphatic heterocycles. The predicted molar refractivity (Wildman–Crippen MR) is 131 cm³/mol. The number of esters is 1. The van der Waals surface area contributed by atoms with Crippen LogP contribution in [0.15, 0.2) is 36.4 Å². The lowest BCUT2D eigenvalue weighted by Gasteiger charge is -2.27. The van der Waals surface area contributed by atoms with Crippen molar-refractivity contribution in [1.29, 1.82) is 0 Å². The van der Waals surface area contributed by atoms with Crippen LogP contribution in [-0.4, -0.2) is 68.3 Å². The van der Waals surface area contributed by atoms with Crippen LogP contribution in [0.5, 0.6) is 0 Å². The summed E-state index contributed by atoms with van der Waals surface area (Å²) < 4.78 is 11.1. The number of hydrogen-bond acceptors (Lipinski definition) is 7. The maximum Gasteiger partial charge on any atom is 0.337 e. The number of fused-ring (bicyclic) bond motifs is 1. The molecule has 174 valence electrons. The van der Waals surface area contributed by atoms with E-state index < -0.39 is 5.97 Å². The summed E-state index contributed by atoms with van der Waals surface area (Å²) in [5.41, 5.74) is 2.72. The van der Waals surface area contributed by atoms with E-state index in [-0.39, 0.29) is 5.91 Å². The molecule has 0 aliphatic carbocycles. The zero-order valence-corrected chi connectivity index (χ0v) is 20.2. The minimum atomic E-state index is -0.435. The van der Waals surface area contributed by atoms with E-state index in [2.05, 4.69) is 4.90 Å².